The number of carbonyl (C=O) groups excluding carboxylic acids is 1. The van der Waals surface area contributed by atoms with Crippen LogP contribution in [0.2, 0.25) is 0 Å². The molecule has 2 atom stereocenters. The number of amides is 1. The number of aromatic nitrogens is 1. The van der Waals surface area contributed by atoms with Crippen LogP contribution >= 0.6 is 0 Å². The molecule has 0 radical (unpaired) electrons. The van der Waals surface area contributed by atoms with E-state index in [-0.39, 0.29) is 12.1 Å². The van der Waals surface area contributed by atoms with Crippen LogP contribution in [0.5, 0.6) is 0 Å². The first-order valence-corrected chi connectivity index (χ1v) is 8.32. The highest BCUT2D eigenvalue weighted by atomic mass is 16.6. The maximum absolute atomic E-state index is 12.6. The van der Waals surface area contributed by atoms with E-state index < -0.39 is 5.60 Å². The second kappa shape index (κ2) is 7.12. The Morgan fingerprint density at radius 3 is 2.64 bits per heavy atom. The fourth-order valence-corrected chi connectivity index (χ4v) is 3.26. The molecule has 0 aliphatic carbocycles. The molecule has 2 heterocycles. The summed E-state index contributed by atoms with van der Waals surface area (Å²) < 4.78 is 5.61. The maximum Gasteiger partial charge on any atom is 0.410 e. The number of piperidine rings is 1. The standard InChI is InChI=1S/C18H28N2O2/c1-5-7-16-15(14-9-11-19-12-10-14)8-6-13-20(16)17(21)22-18(2,3)4/h9-12,15-16H,5-8,13H2,1-4H3. The van der Waals surface area contributed by atoms with Crippen molar-refractivity contribution in [1.29, 1.82) is 0 Å². The van der Waals surface area contributed by atoms with E-state index in [4.69, 9.17) is 4.74 Å². The minimum atomic E-state index is -0.447. The number of ether oxygens (including phenoxy) is 1. The average Bonchev–Trinajstić information content (AvgIpc) is 2.47. The van der Waals surface area contributed by atoms with E-state index in [1.807, 2.05) is 38.1 Å². The molecule has 1 fully saturated rings. The molecule has 1 saturated heterocycles. The molecule has 0 aromatic carbocycles. The zero-order valence-electron chi connectivity index (χ0n) is 14.2. The van der Waals surface area contributed by atoms with E-state index in [2.05, 4.69) is 24.0 Å². The zero-order chi connectivity index (χ0) is 16.2. The summed E-state index contributed by atoms with van der Waals surface area (Å²) in [7, 11) is 0. The number of hydrogen-bond acceptors (Lipinski definition) is 3. The molecule has 1 aromatic rings. The molecule has 1 aromatic heterocycles. The number of nitrogens with zero attached hydrogens (tertiary/aromatic N) is 2. The van der Waals surface area contributed by atoms with Crippen molar-refractivity contribution in [3.05, 3.63) is 30.1 Å². The van der Waals surface area contributed by atoms with Gasteiger partial charge in [-0.05, 0) is 57.7 Å². The molecule has 4 heteroatoms. The first-order chi connectivity index (χ1) is 10.4. The third-order valence-corrected chi connectivity index (χ3v) is 4.13. The molecule has 4 nitrogen and oxygen atoms in total. The minimum Gasteiger partial charge on any atom is -0.444 e. The Kier molecular flexibility index (Phi) is 5.43. The summed E-state index contributed by atoms with van der Waals surface area (Å²) >= 11 is 0. The molecule has 122 valence electrons. The molecular weight excluding hydrogens is 276 g/mol. The molecule has 0 saturated carbocycles. The topological polar surface area (TPSA) is 42.4 Å². The maximum atomic E-state index is 12.6. The first-order valence-electron chi connectivity index (χ1n) is 8.32. The van der Waals surface area contributed by atoms with Crippen molar-refractivity contribution in [3.8, 4) is 0 Å². The van der Waals surface area contributed by atoms with E-state index in [0.717, 1.165) is 32.2 Å². The Balaban J connectivity index is 2.20. The summed E-state index contributed by atoms with van der Waals surface area (Å²) in [5.41, 5.74) is 0.832. The monoisotopic (exact) mass is 304 g/mol. The van der Waals surface area contributed by atoms with Gasteiger partial charge in [0, 0.05) is 30.9 Å². The van der Waals surface area contributed by atoms with Crippen LogP contribution in [-0.4, -0.2) is 34.2 Å². The fourth-order valence-electron chi connectivity index (χ4n) is 3.26. The summed E-state index contributed by atoms with van der Waals surface area (Å²) in [4.78, 5) is 18.6. The molecule has 0 N–H and O–H groups in total. The highest BCUT2D eigenvalue weighted by Crippen LogP contribution is 2.35. The lowest BCUT2D eigenvalue weighted by atomic mass is 9.82. The van der Waals surface area contributed by atoms with E-state index in [1.54, 1.807) is 0 Å². The molecule has 22 heavy (non-hydrogen) atoms. The second-order valence-corrected chi connectivity index (χ2v) is 7.06. The summed E-state index contributed by atoms with van der Waals surface area (Å²) in [6.07, 6.45) is 7.71. The normalized spacial score (nSPS) is 22.5. The van der Waals surface area contributed by atoms with E-state index >= 15 is 0 Å². The van der Waals surface area contributed by atoms with Crippen LogP contribution in [0.15, 0.2) is 24.5 Å². The van der Waals surface area contributed by atoms with Gasteiger partial charge in [0.05, 0.1) is 0 Å². The predicted octanol–water partition coefficient (Wildman–Crippen LogP) is 4.36. The van der Waals surface area contributed by atoms with Gasteiger partial charge < -0.3 is 9.64 Å². The quantitative estimate of drug-likeness (QED) is 0.833. The van der Waals surface area contributed by atoms with Gasteiger partial charge in [0.2, 0.25) is 0 Å². The number of rotatable bonds is 3. The average molecular weight is 304 g/mol. The van der Waals surface area contributed by atoms with Crippen molar-refractivity contribution in [2.45, 2.75) is 70.9 Å². The van der Waals surface area contributed by atoms with Crippen LogP contribution in [0, 0.1) is 0 Å². The summed E-state index contributed by atoms with van der Waals surface area (Å²) in [6.45, 7) is 8.73. The lowest BCUT2D eigenvalue weighted by molar-refractivity contribution is 0.00519. The fraction of sp³-hybridized carbons (Fsp3) is 0.667. The Bertz CT molecular complexity index is 482. The Morgan fingerprint density at radius 1 is 1.36 bits per heavy atom. The third kappa shape index (κ3) is 4.21. The highest BCUT2D eigenvalue weighted by Gasteiger charge is 2.36. The molecule has 0 bridgehead atoms. The molecular formula is C18H28N2O2. The minimum absolute atomic E-state index is 0.176. The van der Waals surface area contributed by atoms with Crippen molar-refractivity contribution in [2.24, 2.45) is 0 Å². The second-order valence-electron chi connectivity index (χ2n) is 7.06. The van der Waals surface area contributed by atoms with Crippen LogP contribution in [0.3, 0.4) is 0 Å². The van der Waals surface area contributed by atoms with E-state index in [1.165, 1.54) is 5.56 Å². The van der Waals surface area contributed by atoms with Gasteiger partial charge >= 0.3 is 6.09 Å². The summed E-state index contributed by atoms with van der Waals surface area (Å²) in [5, 5.41) is 0. The van der Waals surface area contributed by atoms with Crippen LogP contribution in [0.25, 0.3) is 0 Å². The van der Waals surface area contributed by atoms with Gasteiger partial charge in [-0.25, -0.2) is 4.79 Å². The van der Waals surface area contributed by atoms with Gasteiger partial charge in [0.15, 0.2) is 0 Å². The lowest BCUT2D eigenvalue weighted by Crippen LogP contribution is -2.49. The van der Waals surface area contributed by atoms with Gasteiger partial charge in [-0.3, -0.25) is 4.98 Å². The zero-order valence-corrected chi connectivity index (χ0v) is 14.2. The first kappa shape index (κ1) is 16.8. The number of pyridine rings is 1. The Labute approximate surface area is 133 Å². The number of hydrogen-bond donors (Lipinski definition) is 0. The van der Waals surface area contributed by atoms with Crippen LogP contribution in [0.1, 0.15) is 64.9 Å². The van der Waals surface area contributed by atoms with E-state index in [9.17, 15) is 4.79 Å². The van der Waals surface area contributed by atoms with Crippen molar-refractivity contribution < 1.29 is 9.53 Å². The van der Waals surface area contributed by atoms with E-state index in [0.29, 0.717) is 5.92 Å². The molecule has 1 amide bonds. The van der Waals surface area contributed by atoms with Crippen molar-refractivity contribution in [3.63, 3.8) is 0 Å². The summed E-state index contributed by atoms with van der Waals surface area (Å²) in [6, 6.07) is 4.37. The van der Waals surface area contributed by atoms with Gasteiger partial charge in [0.1, 0.15) is 5.60 Å². The van der Waals surface area contributed by atoms with Gasteiger partial charge in [-0.1, -0.05) is 13.3 Å². The molecule has 1 aliphatic heterocycles. The number of carbonyl (C=O) groups is 1. The smallest absolute Gasteiger partial charge is 0.410 e. The molecule has 2 unspecified atom stereocenters. The highest BCUT2D eigenvalue weighted by molar-refractivity contribution is 5.69. The predicted molar refractivity (Wildman–Crippen MR) is 87.8 cm³/mol. The number of likely N-dealkylation sites (tertiary alicyclic amines) is 1. The van der Waals surface area contributed by atoms with Crippen LogP contribution in [0.4, 0.5) is 4.79 Å². The lowest BCUT2D eigenvalue weighted by Gasteiger charge is -2.42. The Hall–Kier alpha value is -1.58. The molecule has 1 aliphatic rings. The SMILES string of the molecule is CCCC1C(c2ccncc2)CCCN1C(=O)OC(C)(C)C. The van der Waals surface area contributed by atoms with Crippen molar-refractivity contribution in [2.75, 3.05) is 6.54 Å². The Morgan fingerprint density at radius 2 is 2.05 bits per heavy atom. The third-order valence-electron chi connectivity index (χ3n) is 4.13. The van der Waals surface area contributed by atoms with Crippen molar-refractivity contribution >= 4 is 6.09 Å². The largest absolute Gasteiger partial charge is 0.444 e. The molecule has 2 rings (SSSR count). The summed E-state index contributed by atoms with van der Waals surface area (Å²) in [5.74, 6) is 0.379. The van der Waals surface area contributed by atoms with Crippen LogP contribution < -0.4 is 0 Å². The van der Waals surface area contributed by atoms with Gasteiger partial charge in [0.25, 0.3) is 0 Å². The molecule has 0 spiro atoms. The van der Waals surface area contributed by atoms with Gasteiger partial charge in [-0.15, -0.1) is 0 Å². The van der Waals surface area contributed by atoms with Crippen LogP contribution in [-0.2, 0) is 4.74 Å². The van der Waals surface area contributed by atoms with Crippen molar-refractivity contribution in [1.82, 2.24) is 9.88 Å². The van der Waals surface area contributed by atoms with Gasteiger partial charge in [-0.2, -0.15) is 0 Å².